The Morgan fingerprint density at radius 2 is 1.68 bits per heavy atom. The summed E-state index contributed by atoms with van der Waals surface area (Å²) in [6, 6.07) is 13.6. The van der Waals surface area contributed by atoms with Crippen molar-refractivity contribution in [1.29, 1.82) is 0 Å². The van der Waals surface area contributed by atoms with Crippen molar-refractivity contribution in [2.24, 2.45) is 11.8 Å². The van der Waals surface area contributed by atoms with Crippen LogP contribution in [0.3, 0.4) is 0 Å². The van der Waals surface area contributed by atoms with Gasteiger partial charge in [-0.25, -0.2) is 25.6 Å². The van der Waals surface area contributed by atoms with Crippen LogP contribution in [0.1, 0.15) is 24.8 Å². The highest BCUT2D eigenvalue weighted by molar-refractivity contribution is 7.92. The first-order chi connectivity index (χ1) is 18.0. The number of hydrogen-bond donors (Lipinski definition) is 0. The molecule has 11 heteroatoms. The Labute approximate surface area is 225 Å². The molecular formula is C27H25ClF2O6S2. The molecule has 0 amide bonds. The van der Waals surface area contributed by atoms with Gasteiger partial charge in [0.1, 0.15) is 21.2 Å². The van der Waals surface area contributed by atoms with E-state index in [1.165, 1.54) is 37.4 Å². The van der Waals surface area contributed by atoms with Crippen LogP contribution in [0.4, 0.5) is 8.78 Å². The van der Waals surface area contributed by atoms with E-state index in [9.17, 15) is 21.2 Å². The minimum absolute atomic E-state index is 0.0477. The van der Waals surface area contributed by atoms with Gasteiger partial charge in [0.2, 0.25) is 0 Å². The minimum atomic E-state index is -4.30. The molecule has 0 aromatic heterocycles. The van der Waals surface area contributed by atoms with Crippen LogP contribution in [-0.2, 0) is 24.4 Å². The van der Waals surface area contributed by atoms with Crippen molar-refractivity contribution in [2.45, 2.75) is 33.8 Å². The van der Waals surface area contributed by atoms with Crippen LogP contribution in [0.15, 0.2) is 70.5 Å². The third-order valence-corrected chi connectivity index (χ3v) is 12.3. The standard InChI is InChI=1S/C27H25ClF2O6S2/c1-35-23-4-2-3-5-24(23)37(31,32)16-17-12-13-27(38(33,34)20-8-6-19(28)7-9-20)18(14-17)15-36-26-22(30)11-10-21(29)25(26)27/h2-11,17-18H,12-16H2,1H3/t17-,18-,27+/m1/s1. The first-order valence-electron chi connectivity index (χ1n) is 12.0. The summed E-state index contributed by atoms with van der Waals surface area (Å²) in [5, 5.41) is 0.327. The van der Waals surface area contributed by atoms with Crippen molar-refractivity contribution in [1.82, 2.24) is 0 Å². The average Bonchev–Trinajstić information content (AvgIpc) is 2.90. The molecule has 5 rings (SSSR count). The van der Waals surface area contributed by atoms with Crippen LogP contribution in [0, 0.1) is 23.5 Å². The Balaban J connectivity index is 1.58. The van der Waals surface area contributed by atoms with Gasteiger partial charge in [0.15, 0.2) is 31.2 Å². The Kier molecular flexibility index (Phi) is 6.94. The van der Waals surface area contributed by atoms with Gasteiger partial charge < -0.3 is 9.47 Å². The molecule has 0 radical (unpaired) electrons. The van der Waals surface area contributed by atoms with Gasteiger partial charge in [0.05, 0.1) is 29.9 Å². The molecule has 1 saturated carbocycles. The summed E-state index contributed by atoms with van der Waals surface area (Å²) in [6.45, 7) is -0.203. The largest absolute Gasteiger partial charge is 0.495 e. The van der Waals surface area contributed by atoms with Crippen molar-refractivity contribution < 1.29 is 35.1 Å². The second-order valence-corrected chi connectivity index (χ2v) is 14.3. The monoisotopic (exact) mass is 582 g/mol. The normalized spacial score (nSPS) is 23.2. The predicted octanol–water partition coefficient (Wildman–Crippen LogP) is 5.58. The molecule has 1 aliphatic carbocycles. The van der Waals surface area contributed by atoms with Gasteiger partial charge in [-0.05, 0) is 73.7 Å². The van der Waals surface area contributed by atoms with E-state index in [2.05, 4.69) is 0 Å². The Morgan fingerprint density at radius 3 is 2.39 bits per heavy atom. The van der Waals surface area contributed by atoms with Gasteiger partial charge in [-0.1, -0.05) is 23.7 Å². The predicted molar refractivity (Wildman–Crippen MR) is 138 cm³/mol. The van der Waals surface area contributed by atoms with Crippen LogP contribution < -0.4 is 9.47 Å². The second kappa shape index (κ2) is 9.81. The minimum Gasteiger partial charge on any atom is -0.495 e. The zero-order valence-electron chi connectivity index (χ0n) is 20.4. The van der Waals surface area contributed by atoms with E-state index in [4.69, 9.17) is 21.1 Å². The average molecular weight is 583 g/mol. The lowest BCUT2D eigenvalue weighted by Crippen LogP contribution is -2.52. The SMILES string of the molecule is COc1ccccc1S(=O)(=O)C[C@@H]1CC[C@@]2(S(=O)(=O)c3ccc(Cl)cc3)c3c(F)ccc(F)c3OC[C@H]2C1. The first kappa shape index (κ1) is 26.9. The van der Waals surface area contributed by atoms with Crippen LogP contribution in [0.5, 0.6) is 11.5 Å². The lowest BCUT2D eigenvalue weighted by Gasteiger charge is -2.49. The third-order valence-electron chi connectivity index (χ3n) is 7.57. The van der Waals surface area contributed by atoms with Crippen molar-refractivity contribution in [3.8, 4) is 11.5 Å². The number of rotatable bonds is 6. The molecule has 0 N–H and O–H groups in total. The molecule has 202 valence electrons. The number of fused-ring (bicyclic) bond motifs is 3. The molecule has 3 aromatic rings. The van der Waals surface area contributed by atoms with Crippen molar-refractivity contribution in [2.75, 3.05) is 19.5 Å². The summed E-state index contributed by atoms with van der Waals surface area (Å²) in [4.78, 5) is -0.0324. The molecule has 6 nitrogen and oxygen atoms in total. The van der Waals surface area contributed by atoms with Crippen molar-refractivity contribution in [3.05, 3.63) is 82.9 Å². The van der Waals surface area contributed by atoms with E-state index in [0.29, 0.717) is 5.02 Å². The fourth-order valence-corrected chi connectivity index (χ4v) is 10.2. The fourth-order valence-electron chi connectivity index (χ4n) is 5.86. The molecule has 2 aliphatic rings. The molecule has 0 bridgehead atoms. The number of sulfone groups is 2. The Bertz CT molecular complexity index is 1590. The van der Waals surface area contributed by atoms with Gasteiger partial charge in [0, 0.05) is 10.9 Å². The third kappa shape index (κ3) is 4.26. The molecular weight excluding hydrogens is 558 g/mol. The van der Waals surface area contributed by atoms with E-state index in [1.807, 2.05) is 0 Å². The summed E-state index contributed by atoms with van der Waals surface area (Å²) in [5.41, 5.74) is -0.338. The zero-order valence-corrected chi connectivity index (χ0v) is 22.8. The van der Waals surface area contributed by atoms with Gasteiger partial charge in [-0.2, -0.15) is 0 Å². The van der Waals surface area contributed by atoms with Crippen LogP contribution in [0.25, 0.3) is 0 Å². The van der Waals surface area contributed by atoms with E-state index < -0.39 is 53.6 Å². The number of benzene rings is 3. The molecule has 1 heterocycles. The molecule has 1 fully saturated rings. The quantitative estimate of drug-likeness (QED) is 0.377. The van der Waals surface area contributed by atoms with Gasteiger partial charge in [-0.15, -0.1) is 0 Å². The van der Waals surface area contributed by atoms with E-state index in [0.717, 1.165) is 12.1 Å². The number of ether oxygens (including phenoxy) is 2. The molecule has 3 atom stereocenters. The fraction of sp³-hybridized carbons (Fsp3) is 0.333. The van der Waals surface area contributed by atoms with E-state index in [1.54, 1.807) is 18.2 Å². The molecule has 0 unspecified atom stereocenters. The maximum Gasteiger partial charge on any atom is 0.188 e. The molecule has 38 heavy (non-hydrogen) atoms. The summed E-state index contributed by atoms with van der Waals surface area (Å²) in [6.07, 6.45) is 0.176. The first-order valence-corrected chi connectivity index (χ1v) is 15.5. The topological polar surface area (TPSA) is 86.7 Å². The molecule has 0 saturated heterocycles. The zero-order chi connectivity index (χ0) is 27.3. The smallest absolute Gasteiger partial charge is 0.188 e. The van der Waals surface area contributed by atoms with Gasteiger partial charge in [0.25, 0.3) is 0 Å². The lowest BCUT2D eigenvalue weighted by molar-refractivity contribution is 0.103. The summed E-state index contributed by atoms with van der Waals surface area (Å²) < 4.78 is 94.3. The Morgan fingerprint density at radius 1 is 1.00 bits per heavy atom. The lowest BCUT2D eigenvalue weighted by atomic mass is 9.69. The van der Waals surface area contributed by atoms with Gasteiger partial charge in [-0.3, -0.25) is 0 Å². The highest BCUT2D eigenvalue weighted by Gasteiger charge is 2.59. The van der Waals surface area contributed by atoms with Crippen LogP contribution in [-0.4, -0.2) is 36.3 Å². The maximum atomic E-state index is 15.4. The van der Waals surface area contributed by atoms with Crippen LogP contribution >= 0.6 is 11.6 Å². The van der Waals surface area contributed by atoms with Crippen molar-refractivity contribution in [3.63, 3.8) is 0 Å². The maximum absolute atomic E-state index is 15.4. The Hall–Kier alpha value is -2.69. The summed E-state index contributed by atoms with van der Waals surface area (Å²) in [7, 11) is -6.71. The van der Waals surface area contributed by atoms with Crippen molar-refractivity contribution >= 4 is 31.3 Å². The number of hydrogen-bond acceptors (Lipinski definition) is 6. The van der Waals surface area contributed by atoms with Gasteiger partial charge >= 0.3 is 0 Å². The highest BCUT2D eigenvalue weighted by atomic mass is 35.5. The van der Waals surface area contributed by atoms with E-state index in [-0.39, 0.29) is 52.7 Å². The number of methoxy groups -OCH3 is 1. The second-order valence-electron chi connectivity index (χ2n) is 9.66. The molecule has 1 aliphatic heterocycles. The van der Waals surface area contributed by atoms with E-state index >= 15 is 4.39 Å². The molecule has 0 spiro atoms. The molecule has 3 aromatic carbocycles. The van der Waals surface area contributed by atoms with Crippen LogP contribution in [0.2, 0.25) is 5.02 Å². The summed E-state index contributed by atoms with van der Waals surface area (Å²) in [5.74, 6) is -3.45. The summed E-state index contributed by atoms with van der Waals surface area (Å²) >= 11 is 5.97. The number of halogens is 3. The highest BCUT2D eigenvalue weighted by Crippen LogP contribution is 2.57. The number of para-hydroxylation sites is 1.